The zero-order valence-electron chi connectivity index (χ0n) is 16.8. The summed E-state index contributed by atoms with van der Waals surface area (Å²) in [4.78, 5) is 26.7. The number of nitrogens with zero attached hydrogens (tertiary/aromatic N) is 1. The largest absolute Gasteiger partial charge is 0.444 e. The van der Waals surface area contributed by atoms with E-state index < -0.39 is 11.7 Å². The molecule has 0 atom stereocenters. The van der Waals surface area contributed by atoms with Crippen LogP contribution < -0.4 is 21.3 Å². The zero-order chi connectivity index (χ0) is 20.3. The average Bonchev–Trinajstić information content (AvgIpc) is 2.56. The topological polar surface area (TPSA) is 104 Å². The summed E-state index contributed by atoms with van der Waals surface area (Å²) in [5.41, 5.74) is 1.43. The Hall–Kier alpha value is -2.77. The second-order valence-electron chi connectivity index (χ2n) is 6.98. The van der Waals surface area contributed by atoms with Crippen molar-refractivity contribution >= 4 is 23.6 Å². The van der Waals surface area contributed by atoms with Gasteiger partial charge in [-0.3, -0.25) is 9.79 Å². The van der Waals surface area contributed by atoms with Crippen molar-refractivity contribution in [2.75, 3.05) is 32.0 Å². The highest BCUT2D eigenvalue weighted by Crippen LogP contribution is 2.09. The fourth-order valence-electron chi connectivity index (χ4n) is 2.16. The van der Waals surface area contributed by atoms with Crippen LogP contribution in [0.5, 0.6) is 0 Å². The van der Waals surface area contributed by atoms with E-state index in [4.69, 9.17) is 4.74 Å². The third kappa shape index (κ3) is 10.7. The SMILES string of the molecule is CN=C(NCCNC(=O)OC(C)(C)C)NCCc1ccc(NC(C)=O)cc1. The van der Waals surface area contributed by atoms with Crippen LogP contribution >= 0.6 is 0 Å². The highest BCUT2D eigenvalue weighted by atomic mass is 16.6. The number of alkyl carbamates (subject to hydrolysis) is 1. The normalized spacial score (nSPS) is 11.5. The first-order valence-corrected chi connectivity index (χ1v) is 8.97. The average molecular weight is 377 g/mol. The third-order valence-corrected chi connectivity index (χ3v) is 3.29. The summed E-state index contributed by atoms with van der Waals surface area (Å²) in [6.07, 6.45) is 0.381. The number of hydrogen-bond acceptors (Lipinski definition) is 4. The molecule has 2 amide bonds. The van der Waals surface area contributed by atoms with Crippen LogP contribution in [-0.4, -0.2) is 50.2 Å². The van der Waals surface area contributed by atoms with Gasteiger partial charge in [0.15, 0.2) is 5.96 Å². The molecule has 0 aliphatic heterocycles. The summed E-state index contributed by atoms with van der Waals surface area (Å²) in [7, 11) is 1.69. The van der Waals surface area contributed by atoms with Crippen LogP contribution in [0, 0.1) is 0 Å². The van der Waals surface area contributed by atoms with E-state index in [1.165, 1.54) is 6.92 Å². The lowest BCUT2D eigenvalue weighted by molar-refractivity contribution is -0.114. The van der Waals surface area contributed by atoms with Crippen molar-refractivity contribution in [3.63, 3.8) is 0 Å². The molecule has 1 rings (SSSR count). The Morgan fingerprint density at radius 1 is 1.00 bits per heavy atom. The molecular formula is C19H31N5O3. The Balaban J connectivity index is 2.24. The summed E-state index contributed by atoms with van der Waals surface area (Å²) in [5, 5.41) is 11.8. The fraction of sp³-hybridized carbons (Fsp3) is 0.526. The lowest BCUT2D eigenvalue weighted by atomic mass is 10.1. The van der Waals surface area contributed by atoms with E-state index >= 15 is 0 Å². The number of hydrogen-bond donors (Lipinski definition) is 4. The molecule has 4 N–H and O–H groups in total. The van der Waals surface area contributed by atoms with Crippen LogP contribution in [0.15, 0.2) is 29.3 Å². The van der Waals surface area contributed by atoms with Crippen molar-refractivity contribution in [2.24, 2.45) is 4.99 Å². The predicted octanol–water partition coefficient (Wildman–Crippen LogP) is 1.88. The minimum Gasteiger partial charge on any atom is -0.444 e. The van der Waals surface area contributed by atoms with Crippen LogP contribution in [0.1, 0.15) is 33.3 Å². The summed E-state index contributed by atoms with van der Waals surface area (Å²) >= 11 is 0. The predicted molar refractivity (Wildman–Crippen MR) is 108 cm³/mol. The molecule has 0 aliphatic carbocycles. The van der Waals surface area contributed by atoms with Gasteiger partial charge in [0.1, 0.15) is 5.60 Å². The van der Waals surface area contributed by atoms with Gasteiger partial charge >= 0.3 is 6.09 Å². The number of anilines is 1. The van der Waals surface area contributed by atoms with Crippen LogP contribution in [0.3, 0.4) is 0 Å². The summed E-state index contributed by atoms with van der Waals surface area (Å²) < 4.78 is 5.17. The van der Waals surface area contributed by atoms with Gasteiger partial charge in [-0.2, -0.15) is 0 Å². The Bertz CT molecular complexity index is 636. The van der Waals surface area contributed by atoms with Crippen LogP contribution in [-0.2, 0) is 16.0 Å². The van der Waals surface area contributed by atoms with Gasteiger partial charge in [-0.05, 0) is 44.9 Å². The molecule has 0 radical (unpaired) electrons. The molecule has 1 aromatic carbocycles. The maximum Gasteiger partial charge on any atom is 0.407 e. The lowest BCUT2D eigenvalue weighted by Gasteiger charge is -2.19. The number of nitrogens with one attached hydrogen (secondary N) is 4. The van der Waals surface area contributed by atoms with Crippen molar-refractivity contribution in [2.45, 2.75) is 39.7 Å². The third-order valence-electron chi connectivity index (χ3n) is 3.29. The maximum absolute atomic E-state index is 11.6. The number of carbonyl (C=O) groups is 2. The molecule has 150 valence electrons. The van der Waals surface area contributed by atoms with Crippen molar-refractivity contribution in [3.8, 4) is 0 Å². The molecule has 0 fully saturated rings. The van der Waals surface area contributed by atoms with E-state index in [1.807, 2.05) is 45.0 Å². The molecule has 0 aromatic heterocycles. The van der Waals surface area contributed by atoms with Gasteiger partial charge in [-0.1, -0.05) is 12.1 Å². The lowest BCUT2D eigenvalue weighted by Crippen LogP contribution is -2.42. The monoisotopic (exact) mass is 377 g/mol. The van der Waals surface area contributed by atoms with Gasteiger partial charge in [0.05, 0.1) is 0 Å². The quantitative estimate of drug-likeness (QED) is 0.330. The van der Waals surface area contributed by atoms with E-state index in [2.05, 4.69) is 26.3 Å². The van der Waals surface area contributed by atoms with Gasteiger partial charge in [0.2, 0.25) is 5.91 Å². The smallest absolute Gasteiger partial charge is 0.407 e. The van der Waals surface area contributed by atoms with Crippen LogP contribution in [0.25, 0.3) is 0 Å². The van der Waals surface area contributed by atoms with Gasteiger partial charge in [0.25, 0.3) is 0 Å². The zero-order valence-corrected chi connectivity index (χ0v) is 16.8. The second-order valence-corrected chi connectivity index (χ2v) is 6.98. The number of rotatable bonds is 7. The molecule has 0 aliphatic rings. The number of ether oxygens (including phenoxy) is 1. The molecule has 1 aromatic rings. The standard InChI is InChI=1S/C19H31N5O3/c1-14(25)24-16-8-6-15(7-9-16)10-11-21-17(20-5)22-12-13-23-18(26)27-19(2,3)4/h6-9H,10-13H2,1-5H3,(H,23,26)(H,24,25)(H2,20,21,22). The molecule has 0 bridgehead atoms. The highest BCUT2D eigenvalue weighted by Gasteiger charge is 2.15. The Morgan fingerprint density at radius 3 is 2.15 bits per heavy atom. The first kappa shape index (κ1) is 22.3. The first-order valence-electron chi connectivity index (χ1n) is 8.97. The first-order chi connectivity index (χ1) is 12.7. The second kappa shape index (κ2) is 11.1. The van der Waals surface area contributed by atoms with E-state index in [9.17, 15) is 9.59 Å². The summed E-state index contributed by atoms with van der Waals surface area (Å²) in [5.74, 6) is 0.580. The fourth-order valence-corrected chi connectivity index (χ4v) is 2.16. The van der Waals surface area contributed by atoms with Crippen LogP contribution in [0.2, 0.25) is 0 Å². The number of aliphatic imine (C=N–C) groups is 1. The van der Waals surface area contributed by atoms with Gasteiger partial charge in [0, 0.05) is 39.3 Å². The molecular weight excluding hydrogens is 346 g/mol. The highest BCUT2D eigenvalue weighted by molar-refractivity contribution is 5.88. The molecule has 0 saturated carbocycles. The molecule has 0 heterocycles. The summed E-state index contributed by atoms with van der Waals surface area (Å²) in [6, 6.07) is 7.72. The molecule has 8 heteroatoms. The Morgan fingerprint density at radius 2 is 1.59 bits per heavy atom. The van der Waals surface area contributed by atoms with Crippen molar-refractivity contribution in [1.82, 2.24) is 16.0 Å². The van der Waals surface area contributed by atoms with Gasteiger partial charge < -0.3 is 26.0 Å². The van der Waals surface area contributed by atoms with E-state index in [1.54, 1.807) is 7.05 Å². The molecule has 0 unspecified atom stereocenters. The molecule has 27 heavy (non-hydrogen) atoms. The Labute approximate surface area is 161 Å². The number of guanidine groups is 1. The number of amides is 2. The van der Waals surface area contributed by atoms with E-state index in [0.717, 1.165) is 17.7 Å². The minimum absolute atomic E-state index is 0.0829. The van der Waals surface area contributed by atoms with E-state index in [-0.39, 0.29) is 5.91 Å². The van der Waals surface area contributed by atoms with Gasteiger partial charge in [-0.15, -0.1) is 0 Å². The number of benzene rings is 1. The Kier molecular flexibility index (Phi) is 9.12. The molecule has 0 spiro atoms. The number of carbonyl (C=O) groups excluding carboxylic acids is 2. The van der Waals surface area contributed by atoms with Crippen LogP contribution in [0.4, 0.5) is 10.5 Å². The van der Waals surface area contributed by atoms with Gasteiger partial charge in [-0.25, -0.2) is 4.79 Å². The summed E-state index contributed by atoms with van der Waals surface area (Å²) in [6.45, 7) is 8.63. The van der Waals surface area contributed by atoms with Crippen molar-refractivity contribution in [1.29, 1.82) is 0 Å². The van der Waals surface area contributed by atoms with E-state index in [0.29, 0.717) is 25.6 Å². The minimum atomic E-state index is -0.505. The van der Waals surface area contributed by atoms with Crippen molar-refractivity contribution < 1.29 is 14.3 Å². The molecule has 0 saturated heterocycles. The molecule has 8 nitrogen and oxygen atoms in total. The maximum atomic E-state index is 11.6. The van der Waals surface area contributed by atoms with Crippen molar-refractivity contribution in [3.05, 3.63) is 29.8 Å².